The Morgan fingerprint density at radius 2 is 2.11 bits per heavy atom. The number of ether oxygens (including phenoxy) is 1. The van der Waals surface area contributed by atoms with Crippen LogP contribution in [0.15, 0.2) is 0 Å². The number of carbonyl (C=O) groups excluding carboxylic acids is 1. The van der Waals surface area contributed by atoms with Gasteiger partial charge >= 0.3 is 0 Å². The maximum absolute atomic E-state index is 11.9. The molecule has 4 nitrogen and oxygen atoms in total. The van der Waals surface area contributed by atoms with Gasteiger partial charge in [-0.2, -0.15) is 0 Å². The summed E-state index contributed by atoms with van der Waals surface area (Å²) >= 11 is 0. The molecule has 0 bridgehead atoms. The van der Waals surface area contributed by atoms with Crippen molar-refractivity contribution in [3.63, 3.8) is 0 Å². The van der Waals surface area contributed by atoms with Gasteiger partial charge in [0, 0.05) is 32.2 Å². The molecule has 1 aliphatic rings. The predicted molar refractivity (Wildman–Crippen MR) is 73.2 cm³/mol. The molecule has 1 fully saturated rings. The maximum Gasteiger partial charge on any atom is 0.223 e. The van der Waals surface area contributed by atoms with Crippen molar-refractivity contribution >= 4 is 5.91 Å². The van der Waals surface area contributed by atoms with E-state index in [0.29, 0.717) is 5.92 Å². The lowest BCUT2D eigenvalue weighted by Gasteiger charge is -2.31. The van der Waals surface area contributed by atoms with Crippen LogP contribution >= 0.6 is 0 Å². The molecular weight excluding hydrogens is 228 g/mol. The smallest absolute Gasteiger partial charge is 0.223 e. The SMILES string of the molecule is COCCCCCNC(=O)C1CCC(C)C(N)C1. The van der Waals surface area contributed by atoms with E-state index < -0.39 is 0 Å². The second-order valence-corrected chi connectivity index (χ2v) is 5.50. The number of unbranched alkanes of at least 4 members (excludes halogenated alkanes) is 2. The van der Waals surface area contributed by atoms with E-state index in [1.54, 1.807) is 7.11 Å². The van der Waals surface area contributed by atoms with Gasteiger partial charge in [-0.25, -0.2) is 0 Å². The monoisotopic (exact) mass is 256 g/mol. The van der Waals surface area contributed by atoms with Crippen LogP contribution in [-0.4, -0.2) is 32.2 Å². The van der Waals surface area contributed by atoms with Gasteiger partial charge in [-0.15, -0.1) is 0 Å². The average Bonchev–Trinajstić information content (AvgIpc) is 2.36. The van der Waals surface area contributed by atoms with Crippen LogP contribution in [0.4, 0.5) is 0 Å². The molecule has 0 spiro atoms. The minimum Gasteiger partial charge on any atom is -0.385 e. The van der Waals surface area contributed by atoms with Gasteiger partial charge in [-0.05, 0) is 44.4 Å². The molecule has 1 saturated carbocycles. The molecule has 4 heteroatoms. The number of methoxy groups -OCH3 is 1. The molecule has 0 aromatic carbocycles. The lowest BCUT2D eigenvalue weighted by molar-refractivity contribution is -0.126. The van der Waals surface area contributed by atoms with Gasteiger partial charge in [0.05, 0.1) is 0 Å². The van der Waals surface area contributed by atoms with E-state index in [4.69, 9.17) is 10.5 Å². The molecular formula is C14H28N2O2. The fourth-order valence-corrected chi connectivity index (χ4v) is 2.50. The fraction of sp³-hybridized carbons (Fsp3) is 0.929. The highest BCUT2D eigenvalue weighted by atomic mass is 16.5. The summed E-state index contributed by atoms with van der Waals surface area (Å²) in [6, 6.07) is 0.191. The molecule has 0 aliphatic heterocycles. The molecule has 3 unspecified atom stereocenters. The molecule has 106 valence electrons. The van der Waals surface area contributed by atoms with Crippen molar-refractivity contribution in [3.8, 4) is 0 Å². The van der Waals surface area contributed by atoms with Crippen LogP contribution in [-0.2, 0) is 9.53 Å². The zero-order chi connectivity index (χ0) is 13.4. The molecule has 1 aliphatic carbocycles. The Morgan fingerprint density at radius 3 is 2.78 bits per heavy atom. The standard InChI is InChI=1S/C14H28N2O2/c1-11-6-7-12(10-13(11)15)14(17)16-8-4-3-5-9-18-2/h11-13H,3-10,15H2,1-2H3,(H,16,17). The van der Waals surface area contributed by atoms with E-state index in [0.717, 1.165) is 51.7 Å². The normalized spacial score (nSPS) is 28.1. The van der Waals surface area contributed by atoms with Gasteiger partial charge in [0.25, 0.3) is 0 Å². The summed E-state index contributed by atoms with van der Waals surface area (Å²) in [5.41, 5.74) is 6.02. The molecule has 1 amide bonds. The Kier molecular flexibility index (Phi) is 7.28. The largest absolute Gasteiger partial charge is 0.385 e. The molecule has 0 aromatic rings. The van der Waals surface area contributed by atoms with Gasteiger partial charge in [-0.1, -0.05) is 6.92 Å². The zero-order valence-electron chi connectivity index (χ0n) is 11.8. The van der Waals surface area contributed by atoms with E-state index in [1.807, 2.05) is 0 Å². The highest BCUT2D eigenvalue weighted by Gasteiger charge is 2.29. The summed E-state index contributed by atoms with van der Waals surface area (Å²) < 4.78 is 4.99. The van der Waals surface area contributed by atoms with Crippen molar-refractivity contribution in [1.82, 2.24) is 5.32 Å². The minimum atomic E-state index is 0.134. The van der Waals surface area contributed by atoms with Crippen LogP contribution in [0, 0.1) is 11.8 Å². The Labute approximate surface area is 111 Å². The van der Waals surface area contributed by atoms with Gasteiger partial charge < -0.3 is 15.8 Å². The van der Waals surface area contributed by atoms with Crippen molar-refractivity contribution in [2.45, 2.75) is 51.5 Å². The molecule has 0 aromatic heterocycles. The Balaban J connectivity index is 2.09. The van der Waals surface area contributed by atoms with E-state index in [9.17, 15) is 4.79 Å². The quantitative estimate of drug-likeness (QED) is 0.681. The number of rotatable bonds is 7. The number of nitrogens with two attached hydrogens (primary N) is 1. The predicted octanol–water partition coefficient (Wildman–Crippen LogP) is 1.68. The van der Waals surface area contributed by atoms with Crippen LogP contribution in [0.3, 0.4) is 0 Å². The second kappa shape index (κ2) is 8.48. The van der Waals surface area contributed by atoms with Crippen LogP contribution in [0.5, 0.6) is 0 Å². The number of carbonyl (C=O) groups is 1. The number of nitrogens with one attached hydrogen (secondary N) is 1. The van der Waals surface area contributed by atoms with Crippen LogP contribution in [0.1, 0.15) is 45.4 Å². The molecule has 18 heavy (non-hydrogen) atoms. The van der Waals surface area contributed by atoms with E-state index in [1.165, 1.54) is 0 Å². The molecule has 0 radical (unpaired) electrons. The number of hydrogen-bond acceptors (Lipinski definition) is 3. The van der Waals surface area contributed by atoms with Crippen molar-refractivity contribution in [1.29, 1.82) is 0 Å². The topological polar surface area (TPSA) is 64.3 Å². The Morgan fingerprint density at radius 1 is 1.33 bits per heavy atom. The third kappa shape index (κ3) is 5.36. The Hall–Kier alpha value is -0.610. The number of hydrogen-bond donors (Lipinski definition) is 2. The molecule has 0 heterocycles. The van der Waals surface area contributed by atoms with Gasteiger partial charge in [-0.3, -0.25) is 4.79 Å². The van der Waals surface area contributed by atoms with E-state index in [-0.39, 0.29) is 17.9 Å². The first-order chi connectivity index (χ1) is 8.65. The lowest BCUT2D eigenvalue weighted by Crippen LogP contribution is -2.41. The first-order valence-electron chi connectivity index (χ1n) is 7.17. The van der Waals surface area contributed by atoms with Crippen LogP contribution in [0.25, 0.3) is 0 Å². The third-order valence-electron chi connectivity index (χ3n) is 3.95. The van der Waals surface area contributed by atoms with Crippen molar-refractivity contribution in [2.75, 3.05) is 20.3 Å². The fourth-order valence-electron chi connectivity index (χ4n) is 2.50. The van der Waals surface area contributed by atoms with E-state index >= 15 is 0 Å². The van der Waals surface area contributed by atoms with Gasteiger partial charge in [0.2, 0.25) is 5.91 Å². The molecule has 1 rings (SSSR count). The third-order valence-corrected chi connectivity index (χ3v) is 3.95. The summed E-state index contributed by atoms with van der Waals surface area (Å²) in [6.07, 6.45) is 6.12. The summed E-state index contributed by atoms with van der Waals surface area (Å²) in [5, 5.41) is 3.03. The van der Waals surface area contributed by atoms with Crippen LogP contribution in [0.2, 0.25) is 0 Å². The molecule has 3 N–H and O–H groups in total. The number of amides is 1. The first-order valence-corrected chi connectivity index (χ1v) is 7.17. The maximum atomic E-state index is 11.9. The van der Waals surface area contributed by atoms with Gasteiger partial charge in [0.15, 0.2) is 0 Å². The van der Waals surface area contributed by atoms with Gasteiger partial charge in [0.1, 0.15) is 0 Å². The highest BCUT2D eigenvalue weighted by molar-refractivity contribution is 5.78. The zero-order valence-corrected chi connectivity index (χ0v) is 11.8. The first kappa shape index (κ1) is 15.4. The average molecular weight is 256 g/mol. The second-order valence-electron chi connectivity index (χ2n) is 5.50. The van der Waals surface area contributed by atoms with Crippen molar-refractivity contribution in [2.24, 2.45) is 17.6 Å². The van der Waals surface area contributed by atoms with E-state index in [2.05, 4.69) is 12.2 Å². The summed E-state index contributed by atoms with van der Waals surface area (Å²) in [6.45, 7) is 3.77. The Bertz CT molecular complexity index is 246. The highest BCUT2D eigenvalue weighted by Crippen LogP contribution is 2.27. The molecule has 0 saturated heterocycles. The van der Waals surface area contributed by atoms with Crippen LogP contribution < -0.4 is 11.1 Å². The lowest BCUT2D eigenvalue weighted by atomic mass is 9.79. The summed E-state index contributed by atoms with van der Waals surface area (Å²) in [5.74, 6) is 0.891. The van der Waals surface area contributed by atoms with Crippen molar-refractivity contribution < 1.29 is 9.53 Å². The molecule has 3 atom stereocenters. The van der Waals surface area contributed by atoms with Crippen molar-refractivity contribution in [3.05, 3.63) is 0 Å². The summed E-state index contributed by atoms with van der Waals surface area (Å²) in [7, 11) is 1.72. The summed E-state index contributed by atoms with van der Waals surface area (Å²) in [4.78, 5) is 11.9. The minimum absolute atomic E-state index is 0.134.